The molecule has 92 valence electrons. The molecule has 0 aliphatic heterocycles. The van der Waals surface area contributed by atoms with Gasteiger partial charge in [-0.3, -0.25) is 9.78 Å². The Kier molecular flexibility index (Phi) is 5.96. The van der Waals surface area contributed by atoms with Gasteiger partial charge in [0.05, 0.1) is 18.8 Å². The van der Waals surface area contributed by atoms with Crippen molar-refractivity contribution in [2.75, 3.05) is 20.3 Å². The van der Waals surface area contributed by atoms with E-state index in [9.17, 15) is 4.79 Å². The topological polar surface area (TPSA) is 42.4 Å². The van der Waals surface area contributed by atoms with Crippen molar-refractivity contribution in [2.24, 2.45) is 0 Å². The van der Waals surface area contributed by atoms with Gasteiger partial charge in [-0.1, -0.05) is 12.1 Å². The molecule has 4 nitrogen and oxygen atoms in total. The summed E-state index contributed by atoms with van der Waals surface area (Å²) in [5, 5.41) is 0. The lowest BCUT2D eigenvalue weighted by atomic mass is 10.3. The SMILES string of the molecule is CC=CC(=O)N(CCOC)Cc1ccccn1. The Morgan fingerprint density at radius 3 is 2.94 bits per heavy atom. The van der Waals surface area contributed by atoms with E-state index in [1.807, 2.05) is 25.1 Å². The van der Waals surface area contributed by atoms with Gasteiger partial charge in [-0.05, 0) is 25.1 Å². The quantitative estimate of drug-likeness (QED) is 0.703. The maximum absolute atomic E-state index is 11.8. The number of hydrogen-bond donors (Lipinski definition) is 0. The minimum absolute atomic E-state index is 0.0183. The van der Waals surface area contributed by atoms with Gasteiger partial charge in [-0.25, -0.2) is 0 Å². The average molecular weight is 234 g/mol. The van der Waals surface area contributed by atoms with Crippen LogP contribution in [-0.4, -0.2) is 36.1 Å². The second-order valence-corrected chi connectivity index (χ2v) is 3.57. The number of hydrogen-bond acceptors (Lipinski definition) is 3. The first-order chi connectivity index (χ1) is 8.27. The molecule has 1 heterocycles. The molecular formula is C13H18N2O2. The number of nitrogens with zero attached hydrogens (tertiary/aromatic N) is 2. The van der Waals surface area contributed by atoms with Crippen LogP contribution in [0, 0.1) is 0 Å². The van der Waals surface area contributed by atoms with E-state index in [0.717, 1.165) is 5.69 Å². The summed E-state index contributed by atoms with van der Waals surface area (Å²) in [7, 11) is 1.62. The third kappa shape index (κ3) is 4.78. The predicted molar refractivity (Wildman–Crippen MR) is 66.3 cm³/mol. The molecule has 17 heavy (non-hydrogen) atoms. The van der Waals surface area contributed by atoms with Crippen LogP contribution in [0.3, 0.4) is 0 Å². The van der Waals surface area contributed by atoms with Gasteiger partial charge in [0.15, 0.2) is 0 Å². The van der Waals surface area contributed by atoms with Crippen LogP contribution in [0.5, 0.6) is 0 Å². The van der Waals surface area contributed by atoms with Crippen molar-refractivity contribution in [1.82, 2.24) is 9.88 Å². The summed E-state index contributed by atoms with van der Waals surface area (Å²) >= 11 is 0. The molecule has 1 aromatic rings. The summed E-state index contributed by atoms with van der Waals surface area (Å²) in [6, 6.07) is 5.68. The van der Waals surface area contributed by atoms with E-state index in [0.29, 0.717) is 19.7 Å². The fourth-order valence-electron chi connectivity index (χ4n) is 1.40. The van der Waals surface area contributed by atoms with Crippen molar-refractivity contribution in [2.45, 2.75) is 13.5 Å². The maximum Gasteiger partial charge on any atom is 0.246 e. The van der Waals surface area contributed by atoms with Crippen LogP contribution in [0.2, 0.25) is 0 Å². The fraction of sp³-hybridized carbons (Fsp3) is 0.385. The smallest absolute Gasteiger partial charge is 0.246 e. The summed E-state index contributed by atoms with van der Waals surface area (Å²) in [6.07, 6.45) is 5.02. The largest absolute Gasteiger partial charge is 0.383 e. The van der Waals surface area contributed by atoms with Crippen molar-refractivity contribution in [3.05, 3.63) is 42.2 Å². The molecule has 0 spiro atoms. The Morgan fingerprint density at radius 2 is 2.35 bits per heavy atom. The molecule has 0 N–H and O–H groups in total. The monoisotopic (exact) mass is 234 g/mol. The first kappa shape index (κ1) is 13.4. The number of aromatic nitrogens is 1. The number of ether oxygens (including phenoxy) is 1. The zero-order valence-electron chi connectivity index (χ0n) is 10.3. The zero-order valence-corrected chi connectivity index (χ0v) is 10.3. The Labute approximate surface area is 102 Å². The summed E-state index contributed by atoms with van der Waals surface area (Å²) < 4.78 is 5.00. The maximum atomic E-state index is 11.8. The van der Waals surface area contributed by atoms with Gasteiger partial charge in [0.25, 0.3) is 0 Å². The Morgan fingerprint density at radius 1 is 1.53 bits per heavy atom. The lowest BCUT2D eigenvalue weighted by molar-refractivity contribution is -0.127. The third-order valence-electron chi connectivity index (χ3n) is 2.27. The van der Waals surface area contributed by atoms with E-state index < -0.39 is 0 Å². The highest BCUT2D eigenvalue weighted by atomic mass is 16.5. The van der Waals surface area contributed by atoms with E-state index in [1.165, 1.54) is 0 Å². The number of allylic oxidation sites excluding steroid dienone is 1. The van der Waals surface area contributed by atoms with Gasteiger partial charge in [-0.15, -0.1) is 0 Å². The molecule has 0 unspecified atom stereocenters. The van der Waals surface area contributed by atoms with Gasteiger partial charge < -0.3 is 9.64 Å². The molecule has 0 atom stereocenters. The molecule has 0 saturated carbocycles. The highest BCUT2D eigenvalue weighted by Gasteiger charge is 2.11. The number of carbonyl (C=O) groups excluding carboxylic acids is 1. The molecule has 4 heteroatoms. The number of methoxy groups -OCH3 is 1. The Bertz CT molecular complexity index is 363. The summed E-state index contributed by atoms with van der Waals surface area (Å²) in [6.45, 7) is 3.42. The van der Waals surface area contributed by atoms with Crippen LogP contribution in [0.25, 0.3) is 0 Å². The predicted octanol–water partition coefficient (Wildman–Crippen LogP) is 1.63. The van der Waals surface area contributed by atoms with Crippen LogP contribution in [-0.2, 0) is 16.1 Å². The lowest BCUT2D eigenvalue weighted by Crippen LogP contribution is -2.32. The molecular weight excluding hydrogens is 216 g/mol. The second kappa shape index (κ2) is 7.57. The standard InChI is InChI=1S/C13H18N2O2/c1-3-6-13(16)15(9-10-17-2)11-12-7-4-5-8-14-12/h3-8H,9-11H2,1-2H3. The third-order valence-corrected chi connectivity index (χ3v) is 2.27. The van der Waals surface area contributed by atoms with Crippen LogP contribution >= 0.6 is 0 Å². The molecule has 0 fully saturated rings. The Hall–Kier alpha value is -1.68. The lowest BCUT2D eigenvalue weighted by Gasteiger charge is -2.20. The van der Waals surface area contributed by atoms with Crippen molar-refractivity contribution in [3.63, 3.8) is 0 Å². The van der Waals surface area contributed by atoms with Crippen LogP contribution in [0.1, 0.15) is 12.6 Å². The van der Waals surface area contributed by atoms with Crippen molar-refractivity contribution in [1.29, 1.82) is 0 Å². The molecule has 1 amide bonds. The van der Waals surface area contributed by atoms with E-state index in [1.54, 1.807) is 30.4 Å². The first-order valence-electron chi connectivity index (χ1n) is 5.58. The number of pyridine rings is 1. The Balaban J connectivity index is 2.66. The minimum atomic E-state index is -0.0183. The van der Waals surface area contributed by atoms with Gasteiger partial charge in [-0.2, -0.15) is 0 Å². The van der Waals surface area contributed by atoms with E-state index in [-0.39, 0.29) is 5.91 Å². The van der Waals surface area contributed by atoms with Crippen LogP contribution in [0.15, 0.2) is 36.5 Å². The summed E-state index contributed by atoms with van der Waals surface area (Å²) in [5.41, 5.74) is 0.876. The summed E-state index contributed by atoms with van der Waals surface area (Å²) in [5.74, 6) is -0.0183. The molecule has 0 aliphatic rings. The van der Waals surface area contributed by atoms with Crippen LogP contribution in [0.4, 0.5) is 0 Å². The van der Waals surface area contributed by atoms with Gasteiger partial charge >= 0.3 is 0 Å². The number of rotatable bonds is 6. The van der Waals surface area contributed by atoms with E-state index >= 15 is 0 Å². The normalized spacial score (nSPS) is 10.7. The molecule has 0 bridgehead atoms. The van der Waals surface area contributed by atoms with Crippen LogP contribution < -0.4 is 0 Å². The molecule has 0 aliphatic carbocycles. The molecule has 1 rings (SSSR count). The van der Waals surface area contributed by atoms with Gasteiger partial charge in [0.2, 0.25) is 5.91 Å². The average Bonchev–Trinajstić information content (AvgIpc) is 2.36. The minimum Gasteiger partial charge on any atom is -0.383 e. The van der Waals surface area contributed by atoms with E-state index in [2.05, 4.69) is 4.98 Å². The first-order valence-corrected chi connectivity index (χ1v) is 5.58. The van der Waals surface area contributed by atoms with Crippen molar-refractivity contribution < 1.29 is 9.53 Å². The number of amides is 1. The highest BCUT2D eigenvalue weighted by Crippen LogP contribution is 2.02. The fourth-order valence-corrected chi connectivity index (χ4v) is 1.40. The van der Waals surface area contributed by atoms with E-state index in [4.69, 9.17) is 4.74 Å². The zero-order chi connectivity index (χ0) is 12.5. The molecule has 0 saturated heterocycles. The van der Waals surface area contributed by atoms with Gasteiger partial charge in [0, 0.05) is 19.9 Å². The summed E-state index contributed by atoms with van der Waals surface area (Å²) in [4.78, 5) is 17.7. The van der Waals surface area contributed by atoms with Gasteiger partial charge in [0.1, 0.15) is 0 Å². The van der Waals surface area contributed by atoms with Crippen molar-refractivity contribution in [3.8, 4) is 0 Å². The number of carbonyl (C=O) groups is 1. The second-order valence-electron chi connectivity index (χ2n) is 3.57. The van der Waals surface area contributed by atoms with Crippen molar-refractivity contribution >= 4 is 5.91 Å². The molecule has 1 aromatic heterocycles. The highest BCUT2D eigenvalue weighted by molar-refractivity contribution is 5.87. The molecule has 0 aromatic carbocycles. The molecule has 0 radical (unpaired) electrons.